The van der Waals surface area contributed by atoms with Crippen LogP contribution in [0.3, 0.4) is 0 Å². The van der Waals surface area contributed by atoms with Gasteiger partial charge in [0.15, 0.2) is 0 Å². The molecule has 0 aromatic heterocycles. The van der Waals surface area contributed by atoms with Crippen LogP contribution in [0, 0.1) is 13.8 Å². The number of benzene rings is 3. The van der Waals surface area contributed by atoms with E-state index >= 15 is 0 Å². The molecule has 127 valence electrons. The summed E-state index contributed by atoms with van der Waals surface area (Å²) in [5.41, 5.74) is 3.09. The summed E-state index contributed by atoms with van der Waals surface area (Å²) < 4.78 is 11.5. The maximum absolute atomic E-state index is 12.5. The van der Waals surface area contributed by atoms with E-state index in [0.29, 0.717) is 17.1 Å². The molecule has 0 heterocycles. The van der Waals surface area contributed by atoms with Crippen molar-refractivity contribution in [2.45, 2.75) is 13.8 Å². The Labute approximate surface area is 154 Å². The van der Waals surface area contributed by atoms with E-state index in [0.717, 1.165) is 16.7 Å². The summed E-state index contributed by atoms with van der Waals surface area (Å²) >= 11 is 0. The van der Waals surface area contributed by atoms with Crippen LogP contribution < -0.4 is 9.47 Å². The van der Waals surface area contributed by atoms with Crippen molar-refractivity contribution >= 4 is 19.1 Å². The van der Waals surface area contributed by atoms with Gasteiger partial charge in [-0.15, -0.1) is 0 Å². The van der Waals surface area contributed by atoms with Crippen LogP contribution in [0.5, 0.6) is 11.5 Å². The summed E-state index contributed by atoms with van der Waals surface area (Å²) in [6, 6.07) is 22.0. The van der Waals surface area contributed by atoms with Crippen molar-refractivity contribution < 1.29 is 14.3 Å². The second-order valence-electron chi connectivity index (χ2n) is 5.95. The van der Waals surface area contributed by atoms with Crippen LogP contribution in [-0.4, -0.2) is 19.1 Å². The van der Waals surface area contributed by atoms with Crippen LogP contribution in [0.25, 0.3) is 0 Å². The molecule has 3 nitrogen and oxygen atoms in total. The third-order valence-corrected chi connectivity index (χ3v) is 3.98. The predicted octanol–water partition coefficient (Wildman–Crippen LogP) is 4.25. The Kier molecular flexibility index (Phi) is 5.33. The third kappa shape index (κ3) is 3.91. The normalized spacial score (nSPS) is 10.2. The Morgan fingerprint density at radius 2 is 1.15 bits per heavy atom. The SMILES string of the molecule is [B]=C(Oc1c(C)ccc(C)c1OC(=O)c1ccccc1)c1ccccc1. The fraction of sp³-hybridized carbons (Fsp3) is 0.0909. The van der Waals surface area contributed by atoms with Gasteiger partial charge in [-0.1, -0.05) is 0 Å². The van der Waals surface area contributed by atoms with Crippen LogP contribution >= 0.6 is 0 Å². The maximum atomic E-state index is 12.5. The fourth-order valence-corrected chi connectivity index (χ4v) is 2.51. The molecule has 0 bridgehead atoms. The molecule has 0 aliphatic heterocycles. The van der Waals surface area contributed by atoms with Crippen molar-refractivity contribution in [3.8, 4) is 11.5 Å². The minimum absolute atomic E-state index is 0.247. The number of esters is 1. The van der Waals surface area contributed by atoms with Crippen LogP contribution in [0.4, 0.5) is 0 Å². The van der Waals surface area contributed by atoms with Gasteiger partial charge in [-0.3, -0.25) is 0 Å². The average molecular weight is 341 g/mol. The van der Waals surface area contributed by atoms with Gasteiger partial charge in [0, 0.05) is 0 Å². The van der Waals surface area contributed by atoms with Gasteiger partial charge < -0.3 is 0 Å². The molecule has 0 N–H and O–H groups in total. The van der Waals surface area contributed by atoms with E-state index in [4.69, 9.17) is 17.0 Å². The van der Waals surface area contributed by atoms with Gasteiger partial charge in [-0.25, -0.2) is 0 Å². The molecule has 0 saturated carbocycles. The van der Waals surface area contributed by atoms with Gasteiger partial charge in [0.2, 0.25) is 0 Å². The molecule has 0 aliphatic rings. The Morgan fingerprint density at radius 1 is 0.692 bits per heavy atom. The molecule has 0 spiro atoms. The first-order chi connectivity index (χ1) is 12.6. The molecule has 0 aliphatic carbocycles. The minimum atomic E-state index is -0.442. The second kappa shape index (κ2) is 7.83. The standard InChI is InChI=1S/C22H18BO3/c1-15-13-14-16(2)20(26-22(24)18-11-7-4-8-12-18)19(15)25-21(23)17-9-5-3-6-10-17/h3-14H,1-2H3. The molecule has 0 unspecified atom stereocenters. The zero-order valence-corrected chi connectivity index (χ0v) is 14.7. The molecular formula is C22H18BO3. The summed E-state index contributed by atoms with van der Waals surface area (Å²) in [5.74, 6) is 0.371. The average Bonchev–Trinajstić information content (AvgIpc) is 2.68. The van der Waals surface area contributed by atoms with Crippen molar-refractivity contribution in [1.82, 2.24) is 0 Å². The molecule has 3 aromatic rings. The topological polar surface area (TPSA) is 35.5 Å². The van der Waals surface area contributed by atoms with E-state index in [-0.39, 0.29) is 5.65 Å². The number of carbonyl (C=O) groups is 1. The van der Waals surface area contributed by atoms with E-state index in [1.807, 2.05) is 62.4 Å². The number of aryl methyl sites for hydroxylation is 2. The van der Waals surface area contributed by atoms with Gasteiger partial charge in [0.1, 0.15) is 0 Å². The molecule has 0 atom stereocenters. The summed E-state index contributed by atoms with van der Waals surface area (Å²) in [7, 11) is 6.11. The molecule has 4 heteroatoms. The summed E-state index contributed by atoms with van der Waals surface area (Å²) in [6.45, 7) is 3.74. The van der Waals surface area contributed by atoms with Crippen molar-refractivity contribution in [3.05, 3.63) is 95.1 Å². The Hall–Kier alpha value is -3.14. The van der Waals surface area contributed by atoms with E-state index in [2.05, 4.69) is 0 Å². The quantitative estimate of drug-likeness (QED) is 0.395. The second-order valence-corrected chi connectivity index (χ2v) is 5.95. The van der Waals surface area contributed by atoms with Crippen LogP contribution in [-0.2, 0) is 0 Å². The molecule has 0 fully saturated rings. The van der Waals surface area contributed by atoms with Gasteiger partial charge in [-0.2, -0.15) is 0 Å². The van der Waals surface area contributed by atoms with Gasteiger partial charge >= 0.3 is 154 Å². The Bertz CT molecular complexity index is 856. The Balaban J connectivity index is 1.92. The van der Waals surface area contributed by atoms with Gasteiger partial charge in [0.05, 0.1) is 0 Å². The zero-order chi connectivity index (χ0) is 18.5. The monoisotopic (exact) mass is 341 g/mol. The number of carbonyl (C=O) groups excluding carboxylic acids is 1. The molecule has 1 radical (unpaired) electrons. The number of rotatable bonds is 5. The van der Waals surface area contributed by atoms with E-state index in [1.54, 1.807) is 24.3 Å². The van der Waals surface area contributed by atoms with Crippen molar-refractivity contribution in [2.24, 2.45) is 0 Å². The van der Waals surface area contributed by atoms with E-state index < -0.39 is 5.97 Å². The first-order valence-corrected chi connectivity index (χ1v) is 8.29. The molecular weight excluding hydrogens is 323 g/mol. The summed E-state index contributed by atoms with van der Waals surface area (Å²) in [4.78, 5) is 12.5. The van der Waals surface area contributed by atoms with Crippen molar-refractivity contribution in [1.29, 1.82) is 0 Å². The molecule has 3 rings (SSSR count). The molecule has 3 aromatic carbocycles. The fourth-order valence-electron chi connectivity index (χ4n) is 2.51. The third-order valence-electron chi connectivity index (χ3n) is 3.98. The number of hydrogen-bond acceptors (Lipinski definition) is 3. The number of hydrogen-bond donors (Lipinski definition) is 0. The van der Waals surface area contributed by atoms with Gasteiger partial charge in [-0.05, 0) is 0 Å². The van der Waals surface area contributed by atoms with E-state index in [9.17, 15) is 4.79 Å². The summed E-state index contributed by atoms with van der Waals surface area (Å²) in [6.07, 6.45) is 0. The first kappa shape index (κ1) is 17.7. The predicted molar refractivity (Wildman–Crippen MR) is 104 cm³/mol. The van der Waals surface area contributed by atoms with Crippen LogP contribution in [0.1, 0.15) is 27.0 Å². The summed E-state index contributed by atoms with van der Waals surface area (Å²) in [5, 5.41) is 0. The van der Waals surface area contributed by atoms with E-state index in [1.165, 1.54) is 0 Å². The number of ether oxygens (including phenoxy) is 2. The van der Waals surface area contributed by atoms with Crippen LogP contribution in [0.2, 0.25) is 0 Å². The van der Waals surface area contributed by atoms with Crippen molar-refractivity contribution in [3.63, 3.8) is 0 Å². The van der Waals surface area contributed by atoms with Crippen LogP contribution in [0.15, 0.2) is 72.8 Å². The zero-order valence-electron chi connectivity index (χ0n) is 14.7. The van der Waals surface area contributed by atoms with Gasteiger partial charge in [0.25, 0.3) is 0 Å². The first-order valence-electron chi connectivity index (χ1n) is 8.29. The molecule has 0 saturated heterocycles. The van der Waals surface area contributed by atoms with Crippen molar-refractivity contribution in [2.75, 3.05) is 0 Å². The molecule has 26 heavy (non-hydrogen) atoms. The Morgan fingerprint density at radius 3 is 1.69 bits per heavy atom. The molecule has 0 amide bonds.